The first kappa shape index (κ1) is 9.98. The van der Waals surface area contributed by atoms with Crippen LogP contribution in [0.5, 0.6) is 0 Å². The summed E-state index contributed by atoms with van der Waals surface area (Å²) in [5, 5.41) is 0. The van der Waals surface area contributed by atoms with E-state index >= 15 is 0 Å². The van der Waals surface area contributed by atoms with Crippen LogP contribution < -0.4 is 0 Å². The average molecular weight is 188 g/mol. The third kappa shape index (κ3) is 1.98. The third-order valence-electron chi connectivity index (χ3n) is 2.03. The summed E-state index contributed by atoms with van der Waals surface area (Å²) in [6.45, 7) is 0.388. The number of hydrogen-bond donors (Lipinski definition) is 0. The van der Waals surface area contributed by atoms with Crippen LogP contribution in [0.2, 0.25) is 0 Å². The van der Waals surface area contributed by atoms with E-state index in [2.05, 4.69) is 9.47 Å². The van der Waals surface area contributed by atoms with Gasteiger partial charge in [0.2, 0.25) is 0 Å². The van der Waals surface area contributed by atoms with E-state index in [4.69, 9.17) is 4.74 Å². The Hall–Kier alpha value is -1.10. The van der Waals surface area contributed by atoms with Gasteiger partial charge < -0.3 is 14.2 Å². The van der Waals surface area contributed by atoms with Crippen LogP contribution in [-0.4, -0.2) is 38.9 Å². The number of methoxy groups -OCH3 is 2. The summed E-state index contributed by atoms with van der Waals surface area (Å²) < 4.78 is 14.1. The van der Waals surface area contributed by atoms with Crippen LogP contribution in [0.25, 0.3) is 0 Å². The highest BCUT2D eigenvalue weighted by Crippen LogP contribution is 2.22. The van der Waals surface area contributed by atoms with Gasteiger partial charge in [0.05, 0.1) is 20.1 Å². The summed E-state index contributed by atoms with van der Waals surface area (Å²) in [6, 6.07) is 0. The Kier molecular flexibility index (Phi) is 3.25. The first-order valence-electron chi connectivity index (χ1n) is 3.98. The molecule has 2 atom stereocenters. The summed E-state index contributed by atoms with van der Waals surface area (Å²) in [4.78, 5) is 22.2. The predicted octanol–water partition coefficient (Wildman–Crippen LogP) is -0.263. The lowest BCUT2D eigenvalue weighted by Crippen LogP contribution is -2.33. The van der Waals surface area contributed by atoms with Crippen molar-refractivity contribution >= 4 is 11.9 Å². The molecule has 5 heteroatoms. The highest BCUT2D eigenvalue weighted by Gasteiger charge is 2.40. The zero-order valence-electron chi connectivity index (χ0n) is 7.61. The second-order valence-electron chi connectivity index (χ2n) is 2.73. The fraction of sp³-hybridized carbons (Fsp3) is 0.750. The van der Waals surface area contributed by atoms with Crippen molar-refractivity contribution < 1.29 is 23.8 Å². The minimum atomic E-state index is -0.794. The second-order valence-corrected chi connectivity index (χ2v) is 2.73. The van der Waals surface area contributed by atoms with E-state index in [1.807, 2.05) is 0 Å². The molecule has 0 radical (unpaired) electrons. The largest absolute Gasteiger partial charge is 0.469 e. The molecule has 1 saturated heterocycles. The third-order valence-corrected chi connectivity index (χ3v) is 2.03. The predicted molar refractivity (Wildman–Crippen MR) is 41.9 cm³/mol. The van der Waals surface area contributed by atoms with Crippen molar-refractivity contribution in [1.82, 2.24) is 0 Å². The van der Waals surface area contributed by atoms with Crippen LogP contribution in [0.3, 0.4) is 0 Å². The van der Waals surface area contributed by atoms with Crippen molar-refractivity contribution in [3.05, 3.63) is 0 Å². The molecule has 5 nitrogen and oxygen atoms in total. The van der Waals surface area contributed by atoms with Crippen molar-refractivity contribution in [1.29, 1.82) is 0 Å². The lowest BCUT2D eigenvalue weighted by Gasteiger charge is -2.13. The maximum atomic E-state index is 11.1. The van der Waals surface area contributed by atoms with E-state index in [0.29, 0.717) is 13.0 Å². The fourth-order valence-corrected chi connectivity index (χ4v) is 1.33. The topological polar surface area (TPSA) is 61.8 Å². The van der Waals surface area contributed by atoms with Crippen LogP contribution >= 0.6 is 0 Å². The summed E-state index contributed by atoms with van der Waals surface area (Å²) in [5.41, 5.74) is 0. The van der Waals surface area contributed by atoms with E-state index in [1.165, 1.54) is 14.2 Å². The van der Waals surface area contributed by atoms with Crippen molar-refractivity contribution in [2.24, 2.45) is 5.92 Å². The second kappa shape index (κ2) is 4.23. The van der Waals surface area contributed by atoms with E-state index < -0.39 is 24.0 Å². The first-order chi connectivity index (χ1) is 6.20. The molecule has 1 aliphatic rings. The van der Waals surface area contributed by atoms with Gasteiger partial charge in [-0.25, -0.2) is 4.79 Å². The molecule has 74 valence electrons. The lowest BCUT2D eigenvalue weighted by molar-refractivity contribution is -0.160. The van der Waals surface area contributed by atoms with Gasteiger partial charge in [0.25, 0.3) is 0 Å². The normalized spacial score (nSPS) is 26.9. The average Bonchev–Trinajstić information content (AvgIpc) is 2.63. The minimum absolute atomic E-state index is 0.388. The molecule has 0 aromatic heterocycles. The fourth-order valence-electron chi connectivity index (χ4n) is 1.33. The first-order valence-corrected chi connectivity index (χ1v) is 3.98. The molecule has 2 unspecified atom stereocenters. The van der Waals surface area contributed by atoms with Crippen LogP contribution in [0, 0.1) is 5.92 Å². The van der Waals surface area contributed by atoms with Crippen molar-refractivity contribution in [2.75, 3.05) is 20.8 Å². The Morgan fingerprint density at radius 2 is 1.85 bits per heavy atom. The Morgan fingerprint density at radius 1 is 1.23 bits per heavy atom. The van der Waals surface area contributed by atoms with Gasteiger partial charge in [-0.3, -0.25) is 4.79 Å². The molecule has 1 heterocycles. The lowest BCUT2D eigenvalue weighted by atomic mass is 10.0. The molecule has 0 spiro atoms. The van der Waals surface area contributed by atoms with Gasteiger partial charge in [-0.15, -0.1) is 0 Å². The number of carbonyl (C=O) groups excluding carboxylic acids is 2. The van der Waals surface area contributed by atoms with Gasteiger partial charge in [0.15, 0.2) is 6.10 Å². The molecule has 0 amide bonds. The molecule has 0 aliphatic carbocycles. The Balaban J connectivity index is 2.63. The maximum Gasteiger partial charge on any atom is 0.335 e. The molecule has 1 fully saturated rings. The van der Waals surface area contributed by atoms with Crippen LogP contribution in [0.4, 0.5) is 0 Å². The van der Waals surface area contributed by atoms with Gasteiger partial charge in [0, 0.05) is 6.61 Å². The Bertz CT molecular complexity index is 191. The molecule has 1 rings (SSSR count). The quantitative estimate of drug-likeness (QED) is 0.558. The highest BCUT2D eigenvalue weighted by atomic mass is 16.6. The summed E-state index contributed by atoms with van der Waals surface area (Å²) in [6.07, 6.45) is -0.288. The van der Waals surface area contributed by atoms with Gasteiger partial charge in [-0.05, 0) is 6.42 Å². The van der Waals surface area contributed by atoms with Crippen LogP contribution in [0.1, 0.15) is 6.42 Å². The molecule has 13 heavy (non-hydrogen) atoms. The monoisotopic (exact) mass is 188 g/mol. The van der Waals surface area contributed by atoms with Gasteiger partial charge in [0.1, 0.15) is 0 Å². The zero-order chi connectivity index (χ0) is 9.84. The zero-order valence-corrected chi connectivity index (χ0v) is 7.61. The smallest absolute Gasteiger partial charge is 0.335 e. The number of carbonyl (C=O) groups is 2. The molecule has 0 aromatic rings. The van der Waals surface area contributed by atoms with Crippen molar-refractivity contribution in [3.63, 3.8) is 0 Å². The molecule has 0 bridgehead atoms. The number of esters is 2. The van der Waals surface area contributed by atoms with Crippen LogP contribution in [-0.2, 0) is 23.8 Å². The molecular formula is C8H12O5. The van der Waals surface area contributed by atoms with Gasteiger partial charge >= 0.3 is 11.9 Å². The van der Waals surface area contributed by atoms with Gasteiger partial charge in [-0.2, -0.15) is 0 Å². The van der Waals surface area contributed by atoms with Crippen LogP contribution in [0.15, 0.2) is 0 Å². The molecule has 0 aromatic carbocycles. The van der Waals surface area contributed by atoms with E-state index in [0.717, 1.165) is 0 Å². The molecule has 0 saturated carbocycles. The number of hydrogen-bond acceptors (Lipinski definition) is 5. The molecule has 1 aliphatic heterocycles. The molecule has 0 N–H and O–H groups in total. The SMILES string of the molecule is COC(=O)C1CCOC1C(=O)OC. The summed E-state index contributed by atoms with van der Waals surface area (Å²) in [7, 11) is 2.55. The molecular weight excluding hydrogens is 176 g/mol. The Labute approximate surface area is 76.0 Å². The van der Waals surface area contributed by atoms with Crippen molar-refractivity contribution in [3.8, 4) is 0 Å². The van der Waals surface area contributed by atoms with E-state index in [9.17, 15) is 9.59 Å². The summed E-state index contributed by atoms with van der Waals surface area (Å²) in [5.74, 6) is -1.46. The van der Waals surface area contributed by atoms with E-state index in [1.54, 1.807) is 0 Å². The highest BCUT2D eigenvalue weighted by molar-refractivity contribution is 5.84. The van der Waals surface area contributed by atoms with Crippen molar-refractivity contribution in [2.45, 2.75) is 12.5 Å². The maximum absolute atomic E-state index is 11.1. The van der Waals surface area contributed by atoms with E-state index in [-0.39, 0.29) is 0 Å². The standard InChI is InChI=1S/C8H12O5/c1-11-7(9)5-3-4-13-6(5)8(10)12-2/h5-6H,3-4H2,1-2H3. The minimum Gasteiger partial charge on any atom is -0.469 e. The summed E-state index contributed by atoms with van der Waals surface area (Å²) >= 11 is 0. The van der Waals surface area contributed by atoms with Gasteiger partial charge in [-0.1, -0.05) is 0 Å². The number of rotatable bonds is 2. The Morgan fingerprint density at radius 3 is 2.38 bits per heavy atom. The number of ether oxygens (including phenoxy) is 3.